The van der Waals surface area contributed by atoms with Crippen LogP contribution in [0.3, 0.4) is 0 Å². The van der Waals surface area contributed by atoms with E-state index in [2.05, 4.69) is 49.3 Å². The number of rotatable bonds is 7. The molecule has 23 heavy (non-hydrogen) atoms. The van der Waals surface area contributed by atoms with Crippen molar-refractivity contribution in [2.75, 3.05) is 18.9 Å². The molecule has 0 bridgehead atoms. The van der Waals surface area contributed by atoms with Gasteiger partial charge in [-0.05, 0) is 85.9 Å². The van der Waals surface area contributed by atoms with E-state index in [-0.39, 0.29) is 0 Å². The zero-order chi connectivity index (χ0) is 16.8. The van der Waals surface area contributed by atoms with Gasteiger partial charge in [0.1, 0.15) is 0 Å². The van der Waals surface area contributed by atoms with Crippen LogP contribution in [0.25, 0.3) is 6.08 Å². The minimum Gasteiger partial charge on any atom is -0.381 e. The number of likely N-dealkylation sites (N-methyl/N-ethyl adjacent to an activating group) is 1. The quantitative estimate of drug-likeness (QED) is 0.749. The molecule has 122 valence electrons. The summed E-state index contributed by atoms with van der Waals surface area (Å²) in [7, 11) is 1.98. The van der Waals surface area contributed by atoms with E-state index in [0.717, 1.165) is 30.2 Å². The molecule has 0 aliphatic heterocycles. The molecule has 0 saturated carbocycles. The Bertz CT molecular complexity index is 672. The van der Waals surface area contributed by atoms with Crippen molar-refractivity contribution in [3.05, 3.63) is 69.8 Å². The molecule has 2 aromatic carbocycles. The maximum absolute atomic E-state index is 6.13. The van der Waals surface area contributed by atoms with Gasteiger partial charge in [-0.2, -0.15) is 0 Å². The van der Waals surface area contributed by atoms with Gasteiger partial charge in [-0.1, -0.05) is 30.3 Å². The second-order valence-corrected chi connectivity index (χ2v) is 6.33. The topological polar surface area (TPSA) is 24.1 Å². The van der Waals surface area contributed by atoms with E-state index in [1.165, 1.54) is 27.8 Å². The lowest BCUT2D eigenvalue weighted by Gasteiger charge is -2.14. The third-order valence-corrected chi connectivity index (χ3v) is 4.24. The second kappa shape index (κ2) is 8.19. The Kier molecular flexibility index (Phi) is 6.26. The lowest BCUT2D eigenvalue weighted by atomic mass is 9.98. The number of aryl methyl sites for hydroxylation is 1. The summed E-state index contributed by atoms with van der Waals surface area (Å²) in [6.07, 6.45) is 2.93. The van der Waals surface area contributed by atoms with Crippen LogP contribution in [0.1, 0.15) is 27.8 Å². The van der Waals surface area contributed by atoms with Crippen LogP contribution in [0.5, 0.6) is 0 Å². The van der Waals surface area contributed by atoms with E-state index in [1.807, 2.05) is 25.3 Å². The number of nitrogens with one attached hydrogen (secondary N) is 2. The molecule has 0 fully saturated rings. The van der Waals surface area contributed by atoms with Crippen molar-refractivity contribution in [2.24, 2.45) is 0 Å². The monoisotopic (exact) mass is 328 g/mol. The van der Waals surface area contributed by atoms with Crippen LogP contribution in [0.2, 0.25) is 5.02 Å². The Balaban J connectivity index is 2.19. The molecule has 0 unspecified atom stereocenters. The fraction of sp³-hybridized carbons (Fsp3) is 0.300. The normalized spacial score (nSPS) is 10.6. The first-order chi connectivity index (χ1) is 11.0. The second-order valence-electron chi connectivity index (χ2n) is 5.90. The molecule has 2 N–H and O–H groups in total. The van der Waals surface area contributed by atoms with Crippen LogP contribution in [0.15, 0.2) is 36.9 Å². The summed E-state index contributed by atoms with van der Waals surface area (Å²) < 4.78 is 0. The molecule has 0 heterocycles. The molecule has 2 nitrogen and oxygen atoms in total. The number of benzene rings is 2. The summed E-state index contributed by atoms with van der Waals surface area (Å²) in [6.45, 7) is 9.88. The van der Waals surface area contributed by atoms with Gasteiger partial charge >= 0.3 is 0 Å². The molecular weight excluding hydrogens is 304 g/mol. The van der Waals surface area contributed by atoms with Crippen molar-refractivity contribution in [1.82, 2.24) is 5.32 Å². The van der Waals surface area contributed by atoms with Crippen LogP contribution in [-0.2, 0) is 13.0 Å². The molecule has 0 spiro atoms. The molecule has 0 aromatic heterocycles. The fourth-order valence-corrected chi connectivity index (χ4v) is 3.06. The zero-order valence-corrected chi connectivity index (χ0v) is 14.9. The summed E-state index contributed by atoms with van der Waals surface area (Å²) >= 11 is 6.13. The molecule has 3 heteroatoms. The number of hydrogen-bond donors (Lipinski definition) is 2. The smallest absolute Gasteiger partial charge is 0.0412 e. The van der Waals surface area contributed by atoms with Crippen LogP contribution >= 0.6 is 11.6 Å². The summed E-state index contributed by atoms with van der Waals surface area (Å²) in [6, 6.07) is 10.5. The highest BCUT2D eigenvalue weighted by molar-refractivity contribution is 6.30. The van der Waals surface area contributed by atoms with Crippen LogP contribution in [0, 0.1) is 13.8 Å². The maximum Gasteiger partial charge on any atom is 0.0412 e. The maximum atomic E-state index is 6.13. The van der Waals surface area contributed by atoms with Crippen LogP contribution in [0.4, 0.5) is 5.69 Å². The summed E-state index contributed by atoms with van der Waals surface area (Å²) in [5.41, 5.74) is 7.32. The van der Waals surface area contributed by atoms with E-state index < -0.39 is 0 Å². The lowest BCUT2D eigenvalue weighted by Crippen LogP contribution is -2.12. The van der Waals surface area contributed by atoms with E-state index >= 15 is 0 Å². The first-order valence-electron chi connectivity index (χ1n) is 7.94. The van der Waals surface area contributed by atoms with E-state index in [0.29, 0.717) is 0 Å². The summed E-state index contributed by atoms with van der Waals surface area (Å²) in [5, 5.41) is 7.50. The largest absolute Gasteiger partial charge is 0.381 e. The molecule has 2 rings (SSSR count). The predicted octanol–water partition coefficient (Wildman–Crippen LogP) is 4.97. The van der Waals surface area contributed by atoms with Crippen molar-refractivity contribution < 1.29 is 0 Å². The van der Waals surface area contributed by atoms with Crippen molar-refractivity contribution >= 4 is 23.4 Å². The third-order valence-electron chi connectivity index (χ3n) is 4.02. The highest BCUT2D eigenvalue weighted by Crippen LogP contribution is 2.23. The van der Waals surface area contributed by atoms with Gasteiger partial charge < -0.3 is 10.6 Å². The highest BCUT2D eigenvalue weighted by atomic mass is 35.5. The average Bonchev–Trinajstić information content (AvgIpc) is 2.51. The molecule has 0 saturated heterocycles. The van der Waals surface area contributed by atoms with Crippen LogP contribution < -0.4 is 10.6 Å². The van der Waals surface area contributed by atoms with Crippen molar-refractivity contribution in [1.29, 1.82) is 0 Å². The Morgan fingerprint density at radius 3 is 2.57 bits per heavy atom. The SMILES string of the molecule is C=Cc1cc(NCc2cc(C)cc(Cl)c2)cc(CCNC)c1C. The average molecular weight is 329 g/mol. The fourth-order valence-electron chi connectivity index (χ4n) is 2.75. The van der Waals surface area contributed by atoms with Gasteiger partial charge in [0.05, 0.1) is 0 Å². The standard InChI is InChI=1S/C20H25ClN2/c1-5-17-11-20(12-18(15(17)3)6-7-22-4)23-13-16-8-14(2)9-19(21)10-16/h5,8-12,22-23H,1,6-7,13H2,2-4H3. The van der Waals surface area contributed by atoms with E-state index in [9.17, 15) is 0 Å². The van der Waals surface area contributed by atoms with Crippen molar-refractivity contribution in [3.63, 3.8) is 0 Å². The minimum atomic E-state index is 0.756. The van der Waals surface area contributed by atoms with Crippen molar-refractivity contribution in [2.45, 2.75) is 26.8 Å². The Labute approximate surface area is 144 Å². The Morgan fingerprint density at radius 2 is 1.91 bits per heavy atom. The number of halogens is 1. The molecule has 2 aromatic rings. The first kappa shape index (κ1) is 17.6. The van der Waals surface area contributed by atoms with Gasteiger partial charge in [0, 0.05) is 17.3 Å². The molecule has 0 atom stereocenters. The number of anilines is 1. The van der Waals surface area contributed by atoms with Gasteiger partial charge in [0.25, 0.3) is 0 Å². The Hall–Kier alpha value is -1.77. The molecule has 0 aliphatic rings. The van der Waals surface area contributed by atoms with Gasteiger partial charge in [0.15, 0.2) is 0 Å². The molecule has 0 radical (unpaired) electrons. The first-order valence-corrected chi connectivity index (χ1v) is 8.31. The van der Waals surface area contributed by atoms with Crippen molar-refractivity contribution in [3.8, 4) is 0 Å². The minimum absolute atomic E-state index is 0.756. The van der Waals surface area contributed by atoms with E-state index in [4.69, 9.17) is 11.6 Å². The zero-order valence-electron chi connectivity index (χ0n) is 14.2. The van der Waals surface area contributed by atoms with Gasteiger partial charge in [-0.3, -0.25) is 0 Å². The van der Waals surface area contributed by atoms with Gasteiger partial charge in [-0.15, -0.1) is 0 Å². The van der Waals surface area contributed by atoms with Gasteiger partial charge in [-0.25, -0.2) is 0 Å². The summed E-state index contributed by atoms with van der Waals surface area (Å²) in [4.78, 5) is 0. The highest BCUT2D eigenvalue weighted by Gasteiger charge is 2.06. The predicted molar refractivity (Wildman–Crippen MR) is 102 cm³/mol. The third kappa shape index (κ3) is 4.85. The van der Waals surface area contributed by atoms with E-state index in [1.54, 1.807) is 0 Å². The number of hydrogen-bond acceptors (Lipinski definition) is 2. The molecule has 0 amide bonds. The molecular formula is C20H25ClN2. The van der Waals surface area contributed by atoms with Gasteiger partial charge in [0.2, 0.25) is 0 Å². The summed E-state index contributed by atoms with van der Waals surface area (Å²) in [5.74, 6) is 0. The van der Waals surface area contributed by atoms with Crippen LogP contribution in [-0.4, -0.2) is 13.6 Å². The Morgan fingerprint density at radius 1 is 1.13 bits per heavy atom. The molecule has 0 aliphatic carbocycles. The lowest BCUT2D eigenvalue weighted by molar-refractivity contribution is 0.788.